The van der Waals surface area contributed by atoms with Crippen LogP contribution in [-0.2, 0) is 15.1 Å². The van der Waals surface area contributed by atoms with Crippen molar-refractivity contribution in [1.82, 2.24) is 20.1 Å². The van der Waals surface area contributed by atoms with Gasteiger partial charge in [-0.2, -0.15) is 0 Å². The van der Waals surface area contributed by atoms with Crippen LogP contribution >= 0.6 is 11.3 Å². The van der Waals surface area contributed by atoms with Gasteiger partial charge in [-0.1, -0.05) is 30.3 Å². The zero-order valence-corrected chi connectivity index (χ0v) is 19.2. The van der Waals surface area contributed by atoms with E-state index in [0.29, 0.717) is 11.3 Å². The van der Waals surface area contributed by atoms with Crippen LogP contribution in [-0.4, -0.2) is 46.2 Å². The topological polar surface area (TPSA) is 95.8 Å². The number of imide groups is 1. The number of thiazole rings is 1. The zero-order chi connectivity index (χ0) is 23.3. The highest BCUT2D eigenvalue weighted by Crippen LogP contribution is 2.33. The Kier molecular flexibility index (Phi) is 4.93. The number of urea groups is 1. The minimum absolute atomic E-state index is 0.308. The second kappa shape index (κ2) is 7.70. The van der Waals surface area contributed by atoms with Crippen LogP contribution < -0.4 is 5.32 Å². The minimum Gasteiger partial charge on any atom is -0.458 e. The monoisotopic (exact) mass is 462 g/mol. The van der Waals surface area contributed by atoms with Crippen molar-refractivity contribution in [2.24, 2.45) is 0 Å². The van der Waals surface area contributed by atoms with Crippen LogP contribution in [0.3, 0.4) is 0 Å². The van der Waals surface area contributed by atoms with Gasteiger partial charge in [0.05, 0.1) is 16.3 Å². The first-order chi connectivity index (χ1) is 15.8. The first-order valence-electron chi connectivity index (χ1n) is 10.5. The number of benzene rings is 2. The Bertz CT molecular complexity index is 1340. The number of carbonyl (C=O) groups is 3. The van der Waals surface area contributed by atoms with Gasteiger partial charge in [0.2, 0.25) is 5.91 Å². The lowest BCUT2D eigenvalue weighted by molar-refractivity contribution is -0.139. The fourth-order valence-corrected chi connectivity index (χ4v) is 5.00. The molecule has 5 rings (SSSR count). The van der Waals surface area contributed by atoms with E-state index in [-0.39, 0.29) is 18.5 Å². The molecule has 168 valence electrons. The molecule has 0 saturated carbocycles. The van der Waals surface area contributed by atoms with Crippen LogP contribution in [0.15, 0.2) is 59.0 Å². The van der Waals surface area contributed by atoms with Crippen molar-refractivity contribution >= 4 is 50.4 Å². The number of likely N-dealkylation sites (N-methyl/N-ethyl adjacent to an activating group) is 1. The van der Waals surface area contributed by atoms with Crippen LogP contribution in [0, 0.1) is 0 Å². The summed E-state index contributed by atoms with van der Waals surface area (Å²) in [5, 5.41) is 4.31. The molecule has 4 aromatic rings. The second-order valence-electron chi connectivity index (χ2n) is 8.30. The van der Waals surface area contributed by atoms with Gasteiger partial charge in [-0.25, -0.2) is 9.78 Å². The highest BCUT2D eigenvalue weighted by atomic mass is 32.1. The number of nitrogens with one attached hydrogen (secondary N) is 1. The largest absolute Gasteiger partial charge is 0.458 e. The molecule has 2 aromatic carbocycles. The number of para-hydroxylation sites is 2. The summed E-state index contributed by atoms with van der Waals surface area (Å²) in [7, 11) is 1.65. The second-order valence-corrected chi connectivity index (χ2v) is 9.36. The maximum absolute atomic E-state index is 13.2. The Morgan fingerprint density at radius 2 is 1.94 bits per heavy atom. The van der Waals surface area contributed by atoms with Crippen LogP contribution in [0.25, 0.3) is 21.2 Å². The number of rotatable bonds is 5. The highest BCUT2D eigenvalue weighted by molar-refractivity contribution is 7.18. The fraction of sp³-hybridized carbons (Fsp3) is 0.250. The van der Waals surface area contributed by atoms with Gasteiger partial charge in [0.15, 0.2) is 5.54 Å². The molecule has 0 unspecified atom stereocenters. The summed E-state index contributed by atoms with van der Waals surface area (Å²) in [5.41, 5.74) is 0.115. The smallest absolute Gasteiger partial charge is 0.325 e. The maximum Gasteiger partial charge on any atom is 0.325 e. The lowest BCUT2D eigenvalue weighted by Crippen LogP contribution is -2.44. The third-order valence-corrected chi connectivity index (χ3v) is 7.34. The van der Waals surface area contributed by atoms with Crippen molar-refractivity contribution < 1.29 is 18.8 Å². The average molecular weight is 463 g/mol. The molecule has 1 aliphatic rings. The zero-order valence-electron chi connectivity index (χ0n) is 18.4. The van der Waals surface area contributed by atoms with Gasteiger partial charge < -0.3 is 14.6 Å². The number of fused-ring (bicyclic) bond motifs is 2. The van der Waals surface area contributed by atoms with E-state index in [1.165, 1.54) is 16.2 Å². The van der Waals surface area contributed by atoms with Crippen LogP contribution in [0.2, 0.25) is 0 Å². The molecule has 33 heavy (non-hydrogen) atoms. The molecule has 0 spiro atoms. The van der Waals surface area contributed by atoms with Crippen molar-refractivity contribution in [3.05, 3.63) is 65.4 Å². The number of amides is 4. The van der Waals surface area contributed by atoms with Crippen LogP contribution in [0.1, 0.15) is 30.7 Å². The van der Waals surface area contributed by atoms with Crippen molar-refractivity contribution in [3.63, 3.8) is 0 Å². The molecule has 0 bridgehead atoms. The van der Waals surface area contributed by atoms with Gasteiger partial charge in [-0.3, -0.25) is 14.5 Å². The van der Waals surface area contributed by atoms with E-state index < -0.39 is 17.5 Å². The summed E-state index contributed by atoms with van der Waals surface area (Å²) in [4.78, 5) is 46.0. The Morgan fingerprint density at radius 3 is 2.70 bits per heavy atom. The fourth-order valence-electron chi connectivity index (χ4n) is 3.93. The summed E-state index contributed by atoms with van der Waals surface area (Å²) in [6, 6.07) is 15.9. The van der Waals surface area contributed by atoms with E-state index in [1.807, 2.05) is 49.4 Å². The van der Waals surface area contributed by atoms with E-state index in [9.17, 15) is 14.4 Å². The molecule has 1 saturated heterocycles. The minimum atomic E-state index is -1.38. The molecule has 2 aromatic heterocycles. The van der Waals surface area contributed by atoms with E-state index in [0.717, 1.165) is 25.5 Å². The van der Waals surface area contributed by atoms with Crippen LogP contribution in [0.5, 0.6) is 0 Å². The summed E-state index contributed by atoms with van der Waals surface area (Å²) in [5.74, 6) is -0.562. The molecule has 8 nitrogen and oxygen atoms in total. The van der Waals surface area contributed by atoms with Crippen LogP contribution in [0.4, 0.5) is 4.79 Å². The number of aromatic nitrogens is 1. The summed E-state index contributed by atoms with van der Waals surface area (Å²) in [6.45, 7) is 3.09. The molecule has 1 N–H and O–H groups in total. The third-order valence-electron chi connectivity index (χ3n) is 6.13. The summed E-state index contributed by atoms with van der Waals surface area (Å²) in [6.07, 6.45) is 0. The van der Waals surface area contributed by atoms with Gasteiger partial charge >= 0.3 is 6.03 Å². The van der Waals surface area contributed by atoms with Crippen molar-refractivity contribution in [2.45, 2.75) is 25.4 Å². The van der Waals surface area contributed by atoms with Gasteiger partial charge in [0.25, 0.3) is 5.91 Å². The molecule has 1 fully saturated rings. The Hall–Kier alpha value is -3.72. The predicted molar refractivity (Wildman–Crippen MR) is 125 cm³/mol. The van der Waals surface area contributed by atoms with E-state index >= 15 is 0 Å². The Morgan fingerprint density at radius 1 is 1.21 bits per heavy atom. The molecule has 0 radical (unpaired) electrons. The molecule has 1 aliphatic heterocycles. The van der Waals surface area contributed by atoms with Gasteiger partial charge in [0.1, 0.15) is 22.9 Å². The van der Waals surface area contributed by atoms with E-state index in [4.69, 9.17) is 4.42 Å². The molecule has 2 atom stereocenters. The number of hydrogen-bond acceptors (Lipinski definition) is 6. The van der Waals surface area contributed by atoms with E-state index in [2.05, 4.69) is 10.3 Å². The molecule has 0 aliphatic carbocycles. The molecule has 4 amide bonds. The lowest BCUT2D eigenvalue weighted by Gasteiger charge is -2.25. The van der Waals surface area contributed by atoms with Gasteiger partial charge in [-0.05, 0) is 38.1 Å². The molecular formula is C24H22N4O4S. The normalized spacial score (nSPS) is 19.3. The van der Waals surface area contributed by atoms with Crippen molar-refractivity contribution in [3.8, 4) is 0 Å². The van der Waals surface area contributed by atoms with Crippen molar-refractivity contribution in [1.29, 1.82) is 0 Å². The Balaban J connectivity index is 1.34. The summed E-state index contributed by atoms with van der Waals surface area (Å²) < 4.78 is 6.87. The molecule has 3 heterocycles. The first-order valence-corrected chi connectivity index (χ1v) is 11.3. The van der Waals surface area contributed by atoms with Gasteiger partial charge in [0, 0.05) is 12.4 Å². The first kappa shape index (κ1) is 21.1. The Labute approximate surface area is 193 Å². The van der Waals surface area contributed by atoms with Crippen molar-refractivity contribution in [2.75, 3.05) is 13.6 Å². The SMILES string of the molecule is C[C@@H](c1nc2ccccc2s1)N(C)C(=O)CN1C(=O)N[C@](C)(c2cc3ccccc3o2)C1=O. The van der Waals surface area contributed by atoms with Gasteiger partial charge in [-0.15, -0.1) is 11.3 Å². The number of nitrogens with zero attached hydrogens (tertiary/aromatic N) is 3. The number of furan rings is 1. The standard InChI is InChI=1S/C24H22N4O4S/c1-14(21-25-16-9-5-7-11-18(16)33-21)27(3)20(29)13-28-22(30)24(2,26-23(28)31)19-12-15-8-4-6-10-17(15)32-19/h4-12,14H,13H2,1-3H3,(H,26,31)/t14-,24+/m0/s1. The molecular weight excluding hydrogens is 440 g/mol. The molecule has 9 heteroatoms. The number of carbonyl (C=O) groups excluding carboxylic acids is 3. The maximum atomic E-state index is 13.2. The predicted octanol–water partition coefficient (Wildman–Crippen LogP) is 4.03. The quantitative estimate of drug-likeness (QED) is 0.452. The highest BCUT2D eigenvalue weighted by Gasteiger charge is 2.52. The summed E-state index contributed by atoms with van der Waals surface area (Å²) >= 11 is 1.52. The average Bonchev–Trinajstić information content (AvgIpc) is 3.49. The van der Waals surface area contributed by atoms with E-state index in [1.54, 1.807) is 26.1 Å². The third kappa shape index (κ3) is 3.45. The lowest BCUT2D eigenvalue weighted by atomic mass is 9.99. The number of hydrogen-bond donors (Lipinski definition) is 1.